The van der Waals surface area contributed by atoms with Gasteiger partial charge in [-0.1, -0.05) is 19.8 Å². The van der Waals surface area contributed by atoms with E-state index >= 15 is 0 Å². The summed E-state index contributed by atoms with van der Waals surface area (Å²) in [6.45, 7) is 7.57. The second-order valence-corrected chi connectivity index (χ2v) is 7.82. The number of carbonyl (C=O) groups is 1. The van der Waals surface area contributed by atoms with Gasteiger partial charge in [0.1, 0.15) is 5.82 Å². The van der Waals surface area contributed by atoms with Crippen LogP contribution in [0.15, 0.2) is 12.4 Å². The standard InChI is InChI=1S/C20H34N4O/c1-3-19-21-10-13-24(19)16(2)14-20(25)22-15-17-8-4-5-9-18(17)23-11-6-7-12-23/h10,13,16-18H,3-9,11-12,14-15H2,1-2H3,(H,22,25). The summed E-state index contributed by atoms with van der Waals surface area (Å²) >= 11 is 0. The molecule has 5 heteroatoms. The van der Waals surface area contributed by atoms with Crippen molar-refractivity contribution in [3.05, 3.63) is 18.2 Å². The minimum absolute atomic E-state index is 0.165. The molecular formula is C20H34N4O. The average Bonchev–Trinajstić information content (AvgIpc) is 3.31. The number of aryl methyl sites for hydroxylation is 1. The number of amides is 1. The van der Waals surface area contributed by atoms with Crippen LogP contribution in [0.5, 0.6) is 0 Å². The summed E-state index contributed by atoms with van der Waals surface area (Å²) in [6, 6.07) is 0.854. The molecule has 2 aliphatic rings. The molecule has 3 rings (SSSR count). The summed E-state index contributed by atoms with van der Waals surface area (Å²) in [4.78, 5) is 19.5. The van der Waals surface area contributed by atoms with Gasteiger partial charge < -0.3 is 14.8 Å². The molecule has 140 valence electrons. The number of rotatable bonds is 7. The highest BCUT2D eigenvalue weighted by molar-refractivity contribution is 5.76. The van der Waals surface area contributed by atoms with Crippen molar-refractivity contribution < 1.29 is 4.79 Å². The van der Waals surface area contributed by atoms with Gasteiger partial charge in [-0.15, -0.1) is 0 Å². The van der Waals surface area contributed by atoms with Gasteiger partial charge in [0.2, 0.25) is 5.91 Å². The lowest BCUT2D eigenvalue weighted by atomic mass is 9.83. The lowest BCUT2D eigenvalue weighted by Gasteiger charge is -2.38. The van der Waals surface area contributed by atoms with E-state index in [-0.39, 0.29) is 11.9 Å². The van der Waals surface area contributed by atoms with Gasteiger partial charge in [-0.2, -0.15) is 0 Å². The summed E-state index contributed by atoms with van der Waals surface area (Å²) in [5.41, 5.74) is 0. The highest BCUT2D eigenvalue weighted by atomic mass is 16.1. The lowest BCUT2D eigenvalue weighted by molar-refractivity contribution is -0.122. The molecule has 3 atom stereocenters. The monoisotopic (exact) mass is 346 g/mol. The van der Waals surface area contributed by atoms with E-state index in [0.717, 1.165) is 18.8 Å². The smallest absolute Gasteiger partial charge is 0.222 e. The second kappa shape index (κ2) is 8.84. The third-order valence-corrected chi connectivity index (χ3v) is 6.06. The van der Waals surface area contributed by atoms with Gasteiger partial charge in [0, 0.05) is 43.9 Å². The Labute approximate surface area is 152 Å². The van der Waals surface area contributed by atoms with Crippen LogP contribution >= 0.6 is 0 Å². The van der Waals surface area contributed by atoms with E-state index in [1.54, 1.807) is 0 Å². The van der Waals surface area contributed by atoms with E-state index < -0.39 is 0 Å². The molecule has 2 fully saturated rings. The van der Waals surface area contributed by atoms with Gasteiger partial charge in [0.05, 0.1) is 0 Å². The predicted molar refractivity (Wildman–Crippen MR) is 100 cm³/mol. The molecule has 0 radical (unpaired) electrons. The molecule has 1 amide bonds. The number of aromatic nitrogens is 2. The van der Waals surface area contributed by atoms with Crippen LogP contribution in [0.3, 0.4) is 0 Å². The third kappa shape index (κ3) is 4.63. The molecule has 3 unspecified atom stereocenters. The number of nitrogens with one attached hydrogen (secondary N) is 1. The van der Waals surface area contributed by atoms with Gasteiger partial charge >= 0.3 is 0 Å². The minimum atomic E-state index is 0.165. The third-order valence-electron chi connectivity index (χ3n) is 6.06. The zero-order valence-corrected chi connectivity index (χ0v) is 15.9. The molecule has 1 aliphatic heterocycles. The Morgan fingerprint density at radius 2 is 2.04 bits per heavy atom. The number of nitrogens with zero attached hydrogens (tertiary/aromatic N) is 3. The summed E-state index contributed by atoms with van der Waals surface area (Å²) in [5, 5.41) is 3.24. The minimum Gasteiger partial charge on any atom is -0.356 e. The Morgan fingerprint density at radius 3 is 2.80 bits per heavy atom. The highest BCUT2D eigenvalue weighted by Gasteiger charge is 2.31. The van der Waals surface area contributed by atoms with Crippen LogP contribution in [0.2, 0.25) is 0 Å². The number of carbonyl (C=O) groups excluding carboxylic acids is 1. The Bertz CT molecular complexity index is 550. The van der Waals surface area contributed by atoms with E-state index in [2.05, 4.69) is 33.6 Å². The zero-order valence-electron chi connectivity index (χ0n) is 15.9. The fourth-order valence-corrected chi connectivity index (χ4v) is 4.68. The van der Waals surface area contributed by atoms with Crippen molar-refractivity contribution in [3.8, 4) is 0 Å². The van der Waals surface area contributed by atoms with Gasteiger partial charge in [0.25, 0.3) is 0 Å². The Morgan fingerprint density at radius 1 is 1.28 bits per heavy atom. The molecular weight excluding hydrogens is 312 g/mol. The van der Waals surface area contributed by atoms with E-state index in [1.165, 1.54) is 51.6 Å². The van der Waals surface area contributed by atoms with E-state index in [4.69, 9.17) is 0 Å². The van der Waals surface area contributed by atoms with Gasteiger partial charge in [-0.25, -0.2) is 4.98 Å². The maximum absolute atomic E-state index is 12.5. The molecule has 5 nitrogen and oxygen atoms in total. The quantitative estimate of drug-likeness (QED) is 0.825. The average molecular weight is 347 g/mol. The molecule has 0 aromatic carbocycles. The van der Waals surface area contributed by atoms with Crippen molar-refractivity contribution in [3.63, 3.8) is 0 Å². The molecule has 2 heterocycles. The SMILES string of the molecule is CCc1nccn1C(C)CC(=O)NCC1CCCCC1N1CCCC1. The molecule has 1 saturated heterocycles. The second-order valence-electron chi connectivity index (χ2n) is 7.82. The first-order chi connectivity index (χ1) is 12.2. The van der Waals surface area contributed by atoms with Crippen molar-refractivity contribution >= 4 is 5.91 Å². The normalized spacial score (nSPS) is 25.8. The van der Waals surface area contributed by atoms with Crippen molar-refractivity contribution in [2.45, 2.75) is 77.3 Å². The van der Waals surface area contributed by atoms with Crippen molar-refractivity contribution in [2.24, 2.45) is 5.92 Å². The molecule has 1 aliphatic carbocycles. The molecule has 0 bridgehead atoms. The zero-order chi connectivity index (χ0) is 17.6. The number of hydrogen-bond donors (Lipinski definition) is 1. The first-order valence-electron chi connectivity index (χ1n) is 10.2. The Balaban J connectivity index is 1.49. The molecule has 1 aromatic heterocycles. The topological polar surface area (TPSA) is 50.2 Å². The molecule has 0 spiro atoms. The van der Waals surface area contributed by atoms with Gasteiger partial charge in [0.15, 0.2) is 0 Å². The fraction of sp³-hybridized carbons (Fsp3) is 0.800. The van der Waals surface area contributed by atoms with Crippen molar-refractivity contribution in [1.29, 1.82) is 0 Å². The highest BCUT2D eigenvalue weighted by Crippen LogP contribution is 2.30. The van der Waals surface area contributed by atoms with E-state index in [0.29, 0.717) is 18.4 Å². The van der Waals surface area contributed by atoms with Crippen LogP contribution in [-0.2, 0) is 11.2 Å². The number of hydrogen-bond acceptors (Lipinski definition) is 3. The summed E-state index contributed by atoms with van der Waals surface area (Å²) in [5.74, 6) is 1.86. The van der Waals surface area contributed by atoms with Gasteiger partial charge in [-0.3, -0.25) is 4.79 Å². The van der Waals surface area contributed by atoms with Crippen LogP contribution in [0.4, 0.5) is 0 Å². The lowest BCUT2D eigenvalue weighted by Crippen LogP contribution is -2.45. The predicted octanol–water partition coefficient (Wildman–Crippen LogP) is 3.17. The van der Waals surface area contributed by atoms with Crippen molar-refractivity contribution in [1.82, 2.24) is 19.8 Å². The number of likely N-dealkylation sites (tertiary alicyclic amines) is 1. The number of imidazole rings is 1. The summed E-state index contributed by atoms with van der Waals surface area (Å²) < 4.78 is 2.13. The van der Waals surface area contributed by atoms with E-state index in [1.807, 2.05) is 12.4 Å². The maximum Gasteiger partial charge on any atom is 0.222 e. The van der Waals surface area contributed by atoms with Crippen LogP contribution in [-0.4, -0.2) is 46.0 Å². The van der Waals surface area contributed by atoms with Crippen LogP contribution in [0.25, 0.3) is 0 Å². The van der Waals surface area contributed by atoms with Crippen LogP contribution < -0.4 is 5.32 Å². The largest absolute Gasteiger partial charge is 0.356 e. The first kappa shape index (κ1) is 18.4. The Hall–Kier alpha value is -1.36. The van der Waals surface area contributed by atoms with E-state index in [9.17, 15) is 4.79 Å². The summed E-state index contributed by atoms with van der Waals surface area (Å²) in [6.07, 6.45) is 13.2. The first-order valence-corrected chi connectivity index (χ1v) is 10.2. The van der Waals surface area contributed by atoms with Crippen molar-refractivity contribution in [2.75, 3.05) is 19.6 Å². The molecule has 1 saturated carbocycles. The summed E-state index contributed by atoms with van der Waals surface area (Å²) in [7, 11) is 0. The fourth-order valence-electron chi connectivity index (χ4n) is 4.68. The van der Waals surface area contributed by atoms with Crippen LogP contribution in [0, 0.1) is 5.92 Å². The molecule has 25 heavy (non-hydrogen) atoms. The van der Waals surface area contributed by atoms with Crippen LogP contribution in [0.1, 0.15) is 70.7 Å². The molecule has 1 N–H and O–H groups in total. The maximum atomic E-state index is 12.5. The molecule has 1 aromatic rings. The van der Waals surface area contributed by atoms with Gasteiger partial charge in [-0.05, 0) is 51.6 Å². The Kier molecular flexibility index (Phi) is 6.51.